The average molecular weight is 226 g/mol. The van der Waals surface area contributed by atoms with E-state index in [2.05, 4.69) is 43.4 Å². The van der Waals surface area contributed by atoms with Gasteiger partial charge >= 0.3 is 0 Å². The van der Waals surface area contributed by atoms with Gasteiger partial charge in [0.15, 0.2) is 0 Å². The predicted octanol–water partition coefficient (Wildman–Crippen LogP) is 2.96. The lowest BCUT2D eigenvalue weighted by Gasteiger charge is -2.21. The Hall–Kier alpha value is -0.410. The van der Waals surface area contributed by atoms with Crippen molar-refractivity contribution in [3.05, 3.63) is 16.6 Å². The second-order valence-electron chi connectivity index (χ2n) is 4.75. The Morgan fingerprint density at radius 1 is 1.33 bits per heavy atom. The minimum atomic E-state index is 0.571. The molecule has 0 saturated carbocycles. The smallest absolute Gasteiger partial charge is 0.0794 e. The molecule has 0 fully saturated rings. The summed E-state index contributed by atoms with van der Waals surface area (Å²) in [4.78, 5) is 4.36. The van der Waals surface area contributed by atoms with Gasteiger partial charge in [-0.15, -0.1) is 11.3 Å². The maximum atomic E-state index is 4.36. The lowest BCUT2D eigenvalue weighted by atomic mass is 9.91. The molecule has 0 spiro atoms. The van der Waals surface area contributed by atoms with Crippen molar-refractivity contribution in [1.82, 2.24) is 10.3 Å². The third-order valence-electron chi connectivity index (χ3n) is 2.69. The topological polar surface area (TPSA) is 24.9 Å². The molecule has 0 aliphatic rings. The van der Waals surface area contributed by atoms with Gasteiger partial charge < -0.3 is 5.32 Å². The van der Waals surface area contributed by atoms with Crippen molar-refractivity contribution < 1.29 is 0 Å². The molecule has 15 heavy (non-hydrogen) atoms. The zero-order valence-electron chi connectivity index (χ0n) is 10.2. The third kappa shape index (κ3) is 4.76. The fourth-order valence-corrected chi connectivity index (χ4v) is 2.11. The molecule has 0 aliphatic carbocycles. The molecule has 1 aromatic rings. The quantitative estimate of drug-likeness (QED) is 0.806. The molecule has 0 bridgehead atoms. The standard InChI is InChI=1S/C12H22N2S/c1-9(2)11(6-13-10(3)4)5-12-7-15-8-14-12/h7-11,13H,5-6H2,1-4H3. The molecule has 1 N–H and O–H groups in total. The van der Waals surface area contributed by atoms with E-state index < -0.39 is 0 Å². The van der Waals surface area contributed by atoms with Crippen LogP contribution in [0, 0.1) is 11.8 Å². The van der Waals surface area contributed by atoms with E-state index in [-0.39, 0.29) is 0 Å². The van der Waals surface area contributed by atoms with Crippen LogP contribution in [0.4, 0.5) is 0 Å². The van der Waals surface area contributed by atoms with Crippen molar-refractivity contribution in [2.75, 3.05) is 6.54 Å². The molecular formula is C12H22N2S. The van der Waals surface area contributed by atoms with Gasteiger partial charge in [-0.3, -0.25) is 0 Å². The van der Waals surface area contributed by atoms with E-state index in [4.69, 9.17) is 0 Å². The Bertz CT molecular complexity index is 255. The third-order valence-corrected chi connectivity index (χ3v) is 3.32. The van der Waals surface area contributed by atoms with Crippen molar-refractivity contribution in [2.45, 2.75) is 40.2 Å². The summed E-state index contributed by atoms with van der Waals surface area (Å²) >= 11 is 1.69. The first kappa shape index (κ1) is 12.7. The number of aromatic nitrogens is 1. The van der Waals surface area contributed by atoms with E-state index in [1.54, 1.807) is 11.3 Å². The lowest BCUT2D eigenvalue weighted by molar-refractivity contribution is 0.347. The molecule has 2 nitrogen and oxygen atoms in total. The minimum absolute atomic E-state index is 0.571. The molecule has 0 amide bonds. The highest BCUT2D eigenvalue weighted by Gasteiger charge is 2.15. The zero-order valence-corrected chi connectivity index (χ0v) is 11.0. The van der Waals surface area contributed by atoms with Gasteiger partial charge in [-0.2, -0.15) is 0 Å². The largest absolute Gasteiger partial charge is 0.314 e. The fourth-order valence-electron chi connectivity index (χ4n) is 1.54. The van der Waals surface area contributed by atoms with Crippen LogP contribution in [0.15, 0.2) is 10.9 Å². The van der Waals surface area contributed by atoms with Gasteiger partial charge in [-0.1, -0.05) is 27.7 Å². The van der Waals surface area contributed by atoms with E-state index in [0.29, 0.717) is 17.9 Å². The first-order valence-corrected chi connectivity index (χ1v) is 6.64. The van der Waals surface area contributed by atoms with Crippen molar-refractivity contribution in [2.24, 2.45) is 11.8 Å². The first-order chi connectivity index (χ1) is 7.09. The second-order valence-corrected chi connectivity index (χ2v) is 5.47. The summed E-state index contributed by atoms with van der Waals surface area (Å²) in [6.07, 6.45) is 1.10. The Balaban J connectivity index is 2.44. The van der Waals surface area contributed by atoms with Gasteiger partial charge in [0.25, 0.3) is 0 Å². The number of thiazole rings is 1. The summed E-state index contributed by atoms with van der Waals surface area (Å²) in [6, 6.07) is 0.571. The van der Waals surface area contributed by atoms with Gasteiger partial charge in [0, 0.05) is 11.4 Å². The summed E-state index contributed by atoms with van der Waals surface area (Å²) in [5.74, 6) is 1.40. The van der Waals surface area contributed by atoms with Crippen LogP contribution in [-0.2, 0) is 6.42 Å². The summed E-state index contributed by atoms with van der Waals surface area (Å²) in [7, 11) is 0. The van der Waals surface area contributed by atoms with Gasteiger partial charge in [0.1, 0.15) is 0 Å². The Morgan fingerprint density at radius 2 is 2.07 bits per heavy atom. The number of nitrogens with one attached hydrogen (secondary N) is 1. The summed E-state index contributed by atoms with van der Waals surface area (Å²) < 4.78 is 0. The summed E-state index contributed by atoms with van der Waals surface area (Å²) in [5.41, 5.74) is 3.16. The van der Waals surface area contributed by atoms with E-state index in [1.807, 2.05) is 5.51 Å². The number of nitrogens with zero attached hydrogens (tertiary/aromatic N) is 1. The first-order valence-electron chi connectivity index (χ1n) is 5.70. The molecule has 1 heterocycles. The van der Waals surface area contributed by atoms with Crippen LogP contribution in [0.3, 0.4) is 0 Å². The predicted molar refractivity (Wildman–Crippen MR) is 67.3 cm³/mol. The number of hydrogen-bond donors (Lipinski definition) is 1. The number of hydrogen-bond acceptors (Lipinski definition) is 3. The van der Waals surface area contributed by atoms with E-state index in [9.17, 15) is 0 Å². The maximum Gasteiger partial charge on any atom is 0.0794 e. The van der Waals surface area contributed by atoms with Crippen LogP contribution >= 0.6 is 11.3 Å². The molecule has 86 valence electrons. The van der Waals surface area contributed by atoms with E-state index >= 15 is 0 Å². The van der Waals surface area contributed by atoms with Crippen LogP contribution < -0.4 is 5.32 Å². The molecule has 1 unspecified atom stereocenters. The maximum absolute atomic E-state index is 4.36. The van der Waals surface area contributed by atoms with Crippen molar-refractivity contribution in [1.29, 1.82) is 0 Å². The van der Waals surface area contributed by atoms with Crippen LogP contribution in [-0.4, -0.2) is 17.6 Å². The fraction of sp³-hybridized carbons (Fsp3) is 0.750. The highest BCUT2D eigenvalue weighted by Crippen LogP contribution is 2.16. The van der Waals surface area contributed by atoms with E-state index in [0.717, 1.165) is 13.0 Å². The van der Waals surface area contributed by atoms with Crippen molar-refractivity contribution in [3.8, 4) is 0 Å². The monoisotopic (exact) mass is 226 g/mol. The Labute approximate surface area is 97.1 Å². The molecule has 1 atom stereocenters. The number of rotatable bonds is 6. The lowest BCUT2D eigenvalue weighted by Crippen LogP contribution is -2.32. The molecular weight excluding hydrogens is 204 g/mol. The van der Waals surface area contributed by atoms with Gasteiger partial charge in [-0.25, -0.2) is 4.98 Å². The van der Waals surface area contributed by atoms with Crippen LogP contribution in [0.1, 0.15) is 33.4 Å². The molecule has 0 aliphatic heterocycles. The van der Waals surface area contributed by atoms with Crippen LogP contribution in [0.25, 0.3) is 0 Å². The molecule has 1 aromatic heterocycles. The van der Waals surface area contributed by atoms with Gasteiger partial charge in [0.05, 0.1) is 11.2 Å². The van der Waals surface area contributed by atoms with Gasteiger partial charge in [-0.05, 0) is 24.8 Å². The Morgan fingerprint density at radius 3 is 2.53 bits per heavy atom. The normalized spacial score (nSPS) is 13.7. The highest BCUT2D eigenvalue weighted by molar-refractivity contribution is 7.07. The van der Waals surface area contributed by atoms with Crippen molar-refractivity contribution in [3.63, 3.8) is 0 Å². The van der Waals surface area contributed by atoms with E-state index in [1.165, 1.54) is 5.69 Å². The summed E-state index contributed by atoms with van der Waals surface area (Å²) in [6.45, 7) is 10.1. The molecule has 0 radical (unpaired) electrons. The molecule has 0 saturated heterocycles. The Kier molecular flexibility index (Phi) is 5.26. The SMILES string of the molecule is CC(C)NCC(Cc1cscn1)C(C)C. The minimum Gasteiger partial charge on any atom is -0.314 e. The molecule has 0 aromatic carbocycles. The van der Waals surface area contributed by atoms with Gasteiger partial charge in [0.2, 0.25) is 0 Å². The average Bonchev–Trinajstić information content (AvgIpc) is 2.63. The zero-order chi connectivity index (χ0) is 11.3. The molecule has 1 rings (SSSR count). The van der Waals surface area contributed by atoms with Crippen LogP contribution in [0.5, 0.6) is 0 Å². The van der Waals surface area contributed by atoms with Crippen molar-refractivity contribution >= 4 is 11.3 Å². The summed E-state index contributed by atoms with van der Waals surface area (Å²) in [5, 5.41) is 5.67. The highest BCUT2D eigenvalue weighted by atomic mass is 32.1. The second kappa shape index (κ2) is 6.23. The van der Waals surface area contributed by atoms with Crippen LogP contribution in [0.2, 0.25) is 0 Å². The molecule has 3 heteroatoms.